The number of sulfonamides is 1. The molecule has 0 spiro atoms. The third-order valence-electron chi connectivity index (χ3n) is 3.97. The van der Waals surface area contributed by atoms with Crippen molar-refractivity contribution in [2.24, 2.45) is 0 Å². The molecule has 0 bridgehead atoms. The van der Waals surface area contributed by atoms with Gasteiger partial charge in [0.2, 0.25) is 10.0 Å². The first-order chi connectivity index (χ1) is 10.6. The fourth-order valence-electron chi connectivity index (χ4n) is 2.92. The van der Waals surface area contributed by atoms with Crippen LogP contribution in [0.2, 0.25) is 0 Å². The maximum absolute atomic E-state index is 12.2. The highest BCUT2D eigenvalue weighted by molar-refractivity contribution is 7.89. The Morgan fingerprint density at radius 1 is 1.36 bits per heavy atom. The minimum absolute atomic E-state index is 0.218. The summed E-state index contributed by atoms with van der Waals surface area (Å²) in [5.74, 6) is 0. The Kier molecular flexibility index (Phi) is 4.12. The van der Waals surface area contributed by atoms with E-state index in [4.69, 9.17) is 0 Å². The van der Waals surface area contributed by atoms with E-state index in [0.717, 1.165) is 25.1 Å². The smallest absolute Gasteiger partial charge is 0.242 e. The first-order valence-electron chi connectivity index (χ1n) is 7.23. The highest BCUT2D eigenvalue weighted by atomic mass is 32.2. The van der Waals surface area contributed by atoms with Gasteiger partial charge in [-0.2, -0.15) is 5.10 Å². The van der Waals surface area contributed by atoms with E-state index in [-0.39, 0.29) is 6.04 Å². The van der Waals surface area contributed by atoms with Crippen molar-refractivity contribution in [3.05, 3.63) is 36.9 Å². The summed E-state index contributed by atoms with van der Waals surface area (Å²) in [5.41, 5.74) is 0.750. The lowest BCUT2D eigenvalue weighted by atomic mass is 10.2. The van der Waals surface area contributed by atoms with Crippen LogP contribution >= 0.6 is 0 Å². The minimum atomic E-state index is -3.48. The Hall–Kier alpha value is -1.93. The molecule has 3 rings (SSSR count). The van der Waals surface area contributed by atoms with Crippen LogP contribution in [0, 0.1) is 0 Å². The van der Waals surface area contributed by atoms with E-state index in [2.05, 4.69) is 19.7 Å². The Morgan fingerprint density at radius 2 is 2.18 bits per heavy atom. The third kappa shape index (κ3) is 2.84. The van der Waals surface area contributed by atoms with Crippen molar-refractivity contribution in [1.29, 1.82) is 0 Å². The molecule has 0 radical (unpaired) electrons. The van der Waals surface area contributed by atoms with Gasteiger partial charge in [-0.25, -0.2) is 18.1 Å². The van der Waals surface area contributed by atoms with Gasteiger partial charge in [0.15, 0.2) is 0 Å². The largest absolute Gasteiger partial charge is 0.366 e. The van der Waals surface area contributed by atoms with Gasteiger partial charge in [0.25, 0.3) is 0 Å². The number of aromatic nitrogens is 3. The van der Waals surface area contributed by atoms with Gasteiger partial charge >= 0.3 is 0 Å². The number of nitrogens with one attached hydrogen (secondary N) is 1. The summed E-state index contributed by atoms with van der Waals surface area (Å²) in [6.45, 7) is 1.55. The molecule has 1 atom stereocenters. The average Bonchev–Trinajstić information content (AvgIpc) is 3.19. The molecule has 1 N–H and O–H groups in total. The zero-order chi connectivity index (χ0) is 15.6. The second-order valence-electron chi connectivity index (χ2n) is 5.28. The summed E-state index contributed by atoms with van der Waals surface area (Å²) < 4.78 is 28.7. The maximum atomic E-state index is 12.2. The van der Waals surface area contributed by atoms with Crippen LogP contribution in [0.1, 0.15) is 12.8 Å². The molecule has 1 unspecified atom stereocenters. The van der Waals surface area contributed by atoms with E-state index in [1.54, 1.807) is 23.1 Å². The van der Waals surface area contributed by atoms with Crippen molar-refractivity contribution in [3.63, 3.8) is 0 Å². The Balaban J connectivity index is 1.93. The van der Waals surface area contributed by atoms with Gasteiger partial charge in [0.1, 0.15) is 17.6 Å². The van der Waals surface area contributed by atoms with E-state index < -0.39 is 10.0 Å². The molecule has 118 valence electrons. The number of benzene rings is 1. The number of para-hydroxylation sites is 1. The van der Waals surface area contributed by atoms with E-state index in [1.807, 2.05) is 12.1 Å². The lowest BCUT2D eigenvalue weighted by Crippen LogP contribution is -2.34. The van der Waals surface area contributed by atoms with E-state index in [0.29, 0.717) is 11.4 Å². The van der Waals surface area contributed by atoms with Crippen LogP contribution < -0.4 is 9.62 Å². The summed E-state index contributed by atoms with van der Waals surface area (Å²) >= 11 is 0. The maximum Gasteiger partial charge on any atom is 0.242 e. The lowest BCUT2D eigenvalue weighted by Gasteiger charge is -2.28. The number of hydrogen-bond donors (Lipinski definition) is 1. The molecule has 1 fully saturated rings. The summed E-state index contributed by atoms with van der Waals surface area (Å²) in [6, 6.07) is 7.34. The van der Waals surface area contributed by atoms with E-state index >= 15 is 0 Å². The predicted molar refractivity (Wildman–Crippen MR) is 83.1 cm³/mol. The second-order valence-corrected chi connectivity index (χ2v) is 7.14. The molecule has 1 aliphatic heterocycles. The summed E-state index contributed by atoms with van der Waals surface area (Å²) in [5, 5.41) is 4.14. The third-order valence-corrected chi connectivity index (χ3v) is 5.44. The molecule has 0 aliphatic carbocycles. The van der Waals surface area contributed by atoms with Crippen molar-refractivity contribution < 1.29 is 8.42 Å². The van der Waals surface area contributed by atoms with Crippen LogP contribution in [0.15, 0.2) is 41.8 Å². The molecule has 0 amide bonds. The Bertz CT molecular complexity index is 729. The minimum Gasteiger partial charge on any atom is -0.366 e. The van der Waals surface area contributed by atoms with Gasteiger partial charge in [-0.05, 0) is 32.0 Å². The van der Waals surface area contributed by atoms with Crippen LogP contribution in [0.3, 0.4) is 0 Å². The first kappa shape index (κ1) is 15.0. The standard InChI is InChI=1S/C14H19N5O2S/c1-15-22(20,21)14-7-3-2-6-13(14)19-8-4-5-12(19)9-18-11-16-10-17-18/h2-3,6-7,10-12,15H,4-5,8-9H2,1H3. The van der Waals surface area contributed by atoms with Crippen molar-refractivity contribution >= 4 is 15.7 Å². The molecule has 1 saturated heterocycles. The lowest BCUT2D eigenvalue weighted by molar-refractivity contribution is 0.506. The number of anilines is 1. The predicted octanol–water partition coefficient (Wildman–Crippen LogP) is 0.855. The molecule has 0 saturated carbocycles. The van der Waals surface area contributed by atoms with Crippen LogP contribution in [0.25, 0.3) is 0 Å². The van der Waals surface area contributed by atoms with Crippen molar-refractivity contribution in [2.45, 2.75) is 30.3 Å². The normalized spacial score (nSPS) is 18.8. The molecular weight excluding hydrogens is 302 g/mol. The molecule has 2 heterocycles. The Labute approximate surface area is 130 Å². The fourth-order valence-corrected chi connectivity index (χ4v) is 3.86. The average molecular weight is 321 g/mol. The van der Waals surface area contributed by atoms with Gasteiger partial charge in [-0.1, -0.05) is 12.1 Å². The number of nitrogens with zero attached hydrogens (tertiary/aromatic N) is 4. The number of rotatable bonds is 5. The van der Waals surface area contributed by atoms with Crippen LogP contribution in [0.4, 0.5) is 5.69 Å². The zero-order valence-electron chi connectivity index (χ0n) is 12.4. The Morgan fingerprint density at radius 3 is 2.91 bits per heavy atom. The van der Waals surface area contributed by atoms with Gasteiger partial charge in [0, 0.05) is 12.6 Å². The van der Waals surface area contributed by atoms with E-state index in [1.165, 1.54) is 13.4 Å². The number of hydrogen-bond acceptors (Lipinski definition) is 5. The molecule has 1 aromatic heterocycles. The highest BCUT2D eigenvalue weighted by Crippen LogP contribution is 2.31. The van der Waals surface area contributed by atoms with Crippen LogP contribution in [0.5, 0.6) is 0 Å². The second kappa shape index (κ2) is 6.05. The van der Waals surface area contributed by atoms with Crippen LogP contribution in [-0.4, -0.2) is 42.8 Å². The van der Waals surface area contributed by atoms with E-state index in [9.17, 15) is 8.42 Å². The van der Waals surface area contributed by atoms with Gasteiger partial charge < -0.3 is 4.90 Å². The fraction of sp³-hybridized carbons (Fsp3) is 0.429. The van der Waals surface area contributed by atoms with Gasteiger partial charge in [-0.3, -0.25) is 4.68 Å². The molecular formula is C14H19N5O2S. The quantitative estimate of drug-likeness (QED) is 0.883. The van der Waals surface area contributed by atoms with Crippen molar-refractivity contribution in [3.8, 4) is 0 Å². The monoisotopic (exact) mass is 321 g/mol. The highest BCUT2D eigenvalue weighted by Gasteiger charge is 2.29. The molecule has 8 heteroatoms. The topological polar surface area (TPSA) is 80.1 Å². The first-order valence-corrected chi connectivity index (χ1v) is 8.72. The molecule has 2 aromatic rings. The molecule has 7 nitrogen and oxygen atoms in total. The summed E-state index contributed by atoms with van der Waals surface area (Å²) in [6.07, 6.45) is 5.24. The van der Waals surface area contributed by atoms with Crippen molar-refractivity contribution in [2.75, 3.05) is 18.5 Å². The SMILES string of the molecule is CNS(=O)(=O)c1ccccc1N1CCCC1Cn1cncn1. The van der Waals surface area contributed by atoms with Gasteiger partial charge in [0.05, 0.1) is 12.2 Å². The van der Waals surface area contributed by atoms with Crippen LogP contribution in [-0.2, 0) is 16.6 Å². The molecule has 1 aliphatic rings. The molecule has 1 aromatic carbocycles. The summed E-state index contributed by atoms with van der Waals surface area (Å²) in [7, 11) is -2.04. The van der Waals surface area contributed by atoms with Gasteiger partial charge in [-0.15, -0.1) is 0 Å². The molecule has 22 heavy (non-hydrogen) atoms. The summed E-state index contributed by atoms with van der Waals surface area (Å²) in [4.78, 5) is 6.44. The zero-order valence-corrected chi connectivity index (χ0v) is 13.2. The van der Waals surface area contributed by atoms with Crippen molar-refractivity contribution in [1.82, 2.24) is 19.5 Å².